The average Bonchev–Trinajstić information content (AvgIpc) is 2.82. The molecule has 38 heavy (non-hydrogen) atoms. The number of alkyl halides is 3. The first-order valence-electron chi connectivity index (χ1n) is 12.7. The minimum atomic E-state index is -4.25. The number of aromatic nitrogens is 1. The minimum absolute atomic E-state index is 0. The van der Waals surface area contributed by atoms with Gasteiger partial charge >= 0.3 is 6.18 Å². The number of carbonyl (C=O) groups excluding carboxylic acids is 1. The van der Waals surface area contributed by atoms with Gasteiger partial charge in [-0.1, -0.05) is 73.9 Å². The van der Waals surface area contributed by atoms with E-state index in [0.29, 0.717) is 17.2 Å². The molecule has 7 heteroatoms. The van der Waals surface area contributed by atoms with Crippen LogP contribution in [0.2, 0.25) is 0 Å². The molecule has 0 unspecified atom stereocenters. The van der Waals surface area contributed by atoms with E-state index in [9.17, 15) is 18.0 Å². The molecule has 3 aromatic rings. The first kappa shape index (κ1) is 31.7. The van der Waals surface area contributed by atoms with E-state index in [1.54, 1.807) is 18.3 Å². The van der Waals surface area contributed by atoms with Gasteiger partial charge in [-0.2, -0.15) is 13.2 Å². The summed E-state index contributed by atoms with van der Waals surface area (Å²) in [4.78, 5) is 14.5. The molecule has 0 amide bonds. The third-order valence-electron chi connectivity index (χ3n) is 6.78. The minimum Gasteiger partial charge on any atom is -0.512 e. The predicted octanol–water partition coefficient (Wildman–Crippen LogP) is 8.92. The van der Waals surface area contributed by atoms with Crippen LogP contribution in [0, 0.1) is 11.5 Å². The molecule has 2 aromatic carbocycles. The Hall–Kier alpha value is -2.50. The number of aliphatic hydroxyl groups excluding tert-OH is 1. The summed E-state index contributed by atoms with van der Waals surface area (Å²) in [5, 5.41) is 10.6. The maximum atomic E-state index is 13.4. The summed E-state index contributed by atoms with van der Waals surface area (Å²) in [7, 11) is 0. The summed E-state index contributed by atoms with van der Waals surface area (Å²) < 4.78 is 40.1. The molecular formula is C31H35F3IrNO2-. The van der Waals surface area contributed by atoms with Crippen molar-refractivity contribution in [2.75, 3.05) is 0 Å². The van der Waals surface area contributed by atoms with Gasteiger partial charge in [-0.05, 0) is 45.1 Å². The van der Waals surface area contributed by atoms with E-state index in [1.807, 2.05) is 6.07 Å². The van der Waals surface area contributed by atoms with Crippen molar-refractivity contribution >= 4 is 16.6 Å². The Bertz CT molecular complexity index is 1260. The summed E-state index contributed by atoms with van der Waals surface area (Å²) in [6.45, 7) is 5.34. The molecule has 1 fully saturated rings. The molecule has 0 aliphatic heterocycles. The Morgan fingerprint density at radius 1 is 1.08 bits per heavy atom. The van der Waals surface area contributed by atoms with Gasteiger partial charge < -0.3 is 5.11 Å². The van der Waals surface area contributed by atoms with Crippen LogP contribution in [0.25, 0.3) is 22.0 Å². The molecular weight excluding hydrogens is 668 g/mol. The quantitative estimate of drug-likeness (QED) is 0.164. The van der Waals surface area contributed by atoms with Gasteiger partial charge in [0.15, 0.2) is 5.78 Å². The van der Waals surface area contributed by atoms with Crippen LogP contribution in [0.1, 0.15) is 76.8 Å². The second-order valence-corrected chi connectivity index (χ2v) is 10.5. The summed E-state index contributed by atoms with van der Waals surface area (Å²) >= 11 is 0. The van der Waals surface area contributed by atoms with Crippen molar-refractivity contribution in [2.24, 2.45) is 5.41 Å². The van der Waals surface area contributed by atoms with Crippen molar-refractivity contribution < 1.29 is 43.2 Å². The van der Waals surface area contributed by atoms with Crippen molar-refractivity contribution in [1.29, 1.82) is 0 Å². The molecule has 4 rings (SSSR count). The zero-order valence-corrected chi connectivity index (χ0v) is 24.7. The molecule has 0 saturated heterocycles. The Morgan fingerprint density at radius 2 is 1.74 bits per heavy atom. The van der Waals surface area contributed by atoms with Crippen LogP contribution >= 0.6 is 0 Å². The Morgan fingerprint density at radius 3 is 2.32 bits per heavy atom. The number of halogens is 3. The number of nitrogens with zero attached hydrogens (tertiary/aromatic N) is 1. The number of carbonyl (C=O) groups is 1. The molecule has 0 bridgehead atoms. The van der Waals surface area contributed by atoms with Crippen LogP contribution in [0.15, 0.2) is 60.5 Å². The molecule has 1 radical (unpaired) electrons. The fraction of sp³-hybridized carbons (Fsp3) is 0.419. The number of ketones is 1. The van der Waals surface area contributed by atoms with E-state index in [0.717, 1.165) is 10.9 Å². The van der Waals surface area contributed by atoms with E-state index in [2.05, 4.69) is 35.3 Å². The molecule has 0 spiro atoms. The number of aliphatic hydroxyl groups is 1. The van der Waals surface area contributed by atoms with E-state index >= 15 is 0 Å². The number of benzene rings is 2. The smallest absolute Gasteiger partial charge is 0.394 e. The molecule has 207 valence electrons. The van der Waals surface area contributed by atoms with E-state index in [1.165, 1.54) is 76.8 Å². The number of hydrogen-bond donors (Lipinski definition) is 1. The molecule has 0 atom stereocenters. The Balaban J connectivity index is 0.000000561. The molecule has 1 heterocycles. The van der Waals surface area contributed by atoms with Gasteiger partial charge in [-0.25, -0.2) is 0 Å². The largest absolute Gasteiger partial charge is 0.512 e. The van der Waals surface area contributed by atoms with Crippen LogP contribution in [-0.2, 0) is 31.3 Å². The SMILES string of the molecule is CC(=O)/C=C(/C)O.CC(C)(Cc1ccnc(-c2[c-]c3ccccc3c(C3CCCCC3)c2)c1)C(F)(F)F.[Ir]. The van der Waals surface area contributed by atoms with Crippen molar-refractivity contribution in [2.45, 2.75) is 78.3 Å². The third kappa shape index (κ3) is 8.51. The number of pyridine rings is 1. The summed E-state index contributed by atoms with van der Waals surface area (Å²) in [6.07, 6.45) is 4.59. The monoisotopic (exact) mass is 703 g/mol. The van der Waals surface area contributed by atoms with Crippen LogP contribution in [0.3, 0.4) is 0 Å². The maximum Gasteiger partial charge on any atom is 0.394 e. The van der Waals surface area contributed by atoms with Crippen molar-refractivity contribution in [3.05, 3.63) is 77.7 Å². The second kappa shape index (κ2) is 13.5. The van der Waals surface area contributed by atoms with Crippen LogP contribution in [0.5, 0.6) is 0 Å². The zero-order valence-electron chi connectivity index (χ0n) is 22.3. The van der Waals surface area contributed by atoms with Crippen LogP contribution < -0.4 is 0 Å². The molecule has 1 aliphatic carbocycles. The third-order valence-corrected chi connectivity index (χ3v) is 6.78. The second-order valence-electron chi connectivity index (χ2n) is 10.5. The fourth-order valence-electron chi connectivity index (χ4n) is 4.78. The van der Waals surface area contributed by atoms with Gasteiger partial charge in [0.1, 0.15) is 0 Å². The first-order valence-corrected chi connectivity index (χ1v) is 12.7. The molecule has 1 N–H and O–H groups in total. The van der Waals surface area contributed by atoms with E-state index in [4.69, 9.17) is 5.11 Å². The molecule has 1 aliphatic rings. The van der Waals surface area contributed by atoms with Gasteiger partial charge in [-0.3, -0.25) is 9.78 Å². The van der Waals surface area contributed by atoms with Gasteiger partial charge in [0.05, 0.1) is 11.2 Å². The molecule has 3 nitrogen and oxygen atoms in total. The molecule has 1 saturated carbocycles. The fourth-order valence-corrected chi connectivity index (χ4v) is 4.78. The Labute approximate surface area is 236 Å². The predicted molar refractivity (Wildman–Crippen MR) is 142 cm³/mol. The van der Waals surface area contributed by atoms with E-state index in [-0.39, 0.29) is 38.1 Å². The zero-order chi connectivity index (χ0) is 27.2. The number of rotatable bonds is 5. The summed E-state index contributed by atoms with van der Waals surface area (Å²) in [5.74, 6) is 0.455. The van der Waals surface area contributed by atoms with E-state index < -0.39 is 11.6 Å². The molecule has 1 aromatic heterocycles. The van der Waals surface area contributed by atoms with Gasteiger partial charge in [0, 0.05) is 38.1 Å². The van der Waals surface area contributed by atoms with Gasteiger partial charge in [0.2, 0.25) is 0 Å². The van der Waals surface area contributed by atoms with Gasteiger partial charge in [-0.15, -0.1) is 29.1 Å². The van der Waals surface area contributed by atoms with Gasteiger partial charge in [0.25, 0.3) is 0 Å². The maximum absolute atomic E-state index is 13.4. The number of fused-ring (bicyclic) bond motifs is 1. The van der Waals surface area contributed by atoms with Crippen molar-refractivity contribution in [3.8, 4) is 11.3 Å². The van der Waals surface area contributed by atoms with Crippen molar-refractivity contribution in [1.82, 2.24) is 4.98 Å². The first-order chi connectivity index (χ1) is 17.4. The normalized spacial score (nSPS) is 14.9. The summed E-state index contributed by atoms with van der Waals surface area (Å²) in [6, 6.07) is 17.4. The number of allylic oxidation sites excluding steroid dienone is 2. The Kier molecular flexibility index (Phi) is 11.3. The van der Waals surface area contributed by atoms with Crippen LogP contribution in [0.4, 0.5) is 13.2 Å². The topological polar surface area (TPSA) is 50.2 Å². The summed E-state index contributed by atoms with van der Waals surface area (Å²) in [5.41, 5.74) is 1.73. The average molecular weight is 703 g/mol. The van der Waals surface area contributed by atoms with Crippen molar-refractivity contribution in [3.63, 3.8) is 0 Å². The standard InChI is InChI=1S/C26H27F3N.C5H8O2.Ir/c1-25(2,26(27,28)29)17-18-12-13-30-24(14-18)21-15-20-10-6-7-11-22(20)23(16-21)19-8-4-3-5-9-19;1-4(6)3-5(2)7;/h6-7,10-14,16,19H,3-5,8-9,17H2,1-2H3;3,6H,1-2H3;/q-1;;/b;4-3-;. The number of hydrogen-bond acceptors (Lipinski definition) is 3. The van der Waals surface area contributed by atoms with Crippen LogP contribution in [-0.4, -0.2) is 22.1 Å².